The number of fused-ring (bicyclic) bond motifs is 1. The van der Waals surface area contributed by atoms with Gasteiger partial charge < -0.3 is 4.57 Å². The van der Waals surface area contributed by atoms with E-state index in [4.69, 9.17) is 0 Å². The number of nitrogens with zero attached hydrogens (tertiary/aromatic N) is 2. The summed E-state index contributed by atoms with van der Waals surface area (Å²) in [6, 6.07) is 17.8. The number of nitro groups is 1. The van der Waals surface area contributed by atoms with Gasteiger partial charge in [0.15, 0.2) is 0 Å². The molecule has 0 N–H and O–H groups in total. The van der Waals surface area contributed by atoms with E-state index in [2.05, 4.69) is 4.57 Å². The summed E-state index contributed by atoms with van der Waals surface area (Å²) in [6.45, 7) is 0. The number of benzene rings is 2. The molecular formula is C17H14N2O2. The molecule has 0 amide bonds. The molecular weight excluding hydrogens is 264 g/mol. The van der Waals surface area contributed by atoms with Gasteiger partial charge >= 0.3 is 0 Å². The van der Waals surface area contributed by atoms with E-state index in [-0.39, 0.29) is 0 Å². The lowest BCUT2D eigenvalue weighted by Crippen LogP contribution is -1.92. The van der Waals surface area contributed by atoms with E-state index in [0.717, 1.165) is 33.9 Å². The maximum atomic E-state index is 10.7. The first-order valence-electron chi connectivity index (χ1n) is 6.63. The zero-order chi connectivity index (χ0) is 14.8. The van der Waals surface area contributed by atoms with Crippen molar-refractivity contribution < 1.29 is 4.92 Å². The highest BCUT2D eigenvalue weighted by Crippen LogP contribution is 2.33. The summed E-state index contributed by atoms with van der Waals surface area (Å²) in [5, 5.41) is 11.7. The van der Waals surface area contributed by atoms with Gasteiger partial charge in [0.05, 0.1) is 10.6 Å². The number of rotatable bonds is 3. The Morgan fingerprint density at radius 3 is 2.43 bits per heavy atom. The Morgan fingerprint density at radius 2 is 1.71 bits per heavy atom. The average Bonchev–Trinajstić information content (AvgIpc) is 2.79. The van der Waals surface area contributed by atoms with Crippen molar-refractivity contribution in [3.63, 3.8) is 0 Å². The number of aryl methyl sites for hydroxylation is 1. The molecule has 0 spiro atoms. The second-order valence-electron chi connectivity index (χ2n) is 4.81. The van der Waals surface area contributed by atoms with Crippen molar-refractivity contribution in [3.05, 3.63) is 76.5 Å². The van der Waals surface area contributed by atoms with E-state index in [1.807, 2.05) is 61.6 Å². The molecule has 0 bridgehead atoms. The SMILES string of the molecule is Cn1c(-c2ccccc2)c(/C=C/[N+](=O)[O-])c2ccccc21. The Kier molecular flexibility index (Phi) is 3.28. The van der Waals surface area contributed by atoms with Crippen LogP contribution in [-0.2, 0) is 7.05 Å². The van der Waals surface area contributed by atoms with E-state index < -0.39 is 4.92 Å². The Labute approximate surface area is 122 Å². The highest BCUT2D eigenvalue weighted by atomic mass is 16.6. The molecule has 2 aromatic carbocycles. The molecule has 4 nitrogen and oxygen atoms in total. The molecule has 0 atom stereocenters. The molecule has 0 aliphatic heterocycles. The van der Waals surface area contributed by atoms with E-state index in [9.17, 15) is 10.1 Å². The zero-order valence-electron chi connectivity index (χ0n) is 11.6. The Hall–Kier alpha value is -2.88. The first kappa shape index (κ1) is 13.1. The van der Waals surface area contributed by atoms with Gasteiger partial charge in [-0.2, -0.15) is 0 Å². The van der Waals surface area contributed by atoms with Gasteiger partial charge in [-0.25, -0.2) is 0 Å². The predicted octanol–water partition coefficient (Wildman–Crippen LogP) is 4.09. The summed E-state index contributed by atoms with van der Waals surface area (Å²) in [7, 11) is 1.98. The molecule has 0 aliphatic carbocycles. The van der Waals surface area contributed by atoms with Gasteiger partial charge in [0.25, 0.3) is 0 Å². The van der Waals surface area contributed by atoms with Crippen LogP contribution >= 0.6 is 0 Å². The van der Waals surface area contributed by atoms with Crippen LogP contribution in [0.15, 0.2) is 60.8 Å². The topological polar surface area (TPSA) is 48.1 Å². The van der Waals surface area contributed by atoms with Gasteiger partial charge in [0.2, 0.25) is 6.20 Å². The van der Waals surface area contributed by atoms with Gasteiger partial charge in [0.1, 0.15) is 0 Å². The standard InChI is InChI=1S/C17H14N2O2/c1-18-16-10-6-5-9-14(16)15(11-12-19(20)21)17(18)13-7-3-2-4-8-13/h2-12H,1H3/b12-11+. The fourth-order valence-electron chi connectivity index (χ4n) is 2.67. The lowest BCUT2D eigenvalue weighted by molar-refractivity contribution is -0.400. The van der Waals surface area contributed by atoms with Crippen molar-refractivity contribution in [1.82, 2.24) is 4.57 Å². The monoisotopic (exact) mass is 278 g/mol. The molecule has 0 aliphatic rings. The molecule has 104 valence electrons. The van der Waals surface area contributed by atoms with Crippen LogP contribution in [-0.4, -0.2) is 9.49 Å². The first-order valence-corrected chi connectivity index (χ1v) is 6.63. The second kappa shape index (κ2) is 5.25. The highest BCUT2D eigenvalue weighted by Gasteiger charge is 2.14. The Bertz CT molecular complexity index is 833. The third kappa shape index (κ3) is 2.31. The predicted molar refractivity (Wildman–Crippen MR) is 84.4 cm³/mol. The minimum absolute atomic E-state index is 0.434. The largest absolute Gasteiger partial charge is 0.343 e. The van der Waals surface area contributed by atoms with Gasteiger partial charge in [-0.05, 0) is 11.6 Å². The maximum Gasteiger partial charge on any atom is 0.235 e. The fraction of sp³-hybridized carbons (Fsp3) is 0.0588. The van der Waals surface area contributed by atoms with Crippen LogP contribution in [0.3, 0.4) is 0 Å². The molecule has 3 aromatic rings. The van der Waals surface area contributed by atoms with Gasteiger partial charge in [-0.1, -0.05) is 48.5 Å². The quantitative estimate of drug-likeness (QED) is 0.535. The maximum absolute atomic E-state index is 10.7. The van der Waals surface area contributed by atoms with Crippen molar-refractivity contribution in [3.8, 4) is 11.3 Å². The number of aromatic nitrogens is 1. The normalized spacial score (nSPS) is 11.3. The summed E-state index contributed by atoms with van der Waals surface area (Å²) in [5.41, 5.74) is 3.95. The van der Waals surface area contributed by atoms with Crippen LogP contribution < -0.4 is 0 Å². The minimum Gasteiger partial charge on any atom is -0.343 e. The van der Waals surface area contributed by atoms with Crippen LogP contribution in [0.4, 0.5) is 0 Å². The lowest BCUT2D eigenvalue weighted by atomic mass is 10.1. The Morgan fingerprint density at radius 1 is 1.05 bits per heavy atom. The van der Waals surface area contributed by atoms with Gasteiger partial charge in [-0.3, -0.25) is 10.1 Å². The molecule has 0 saturated heterocycles. The number of para-hydroxylation sites is 1. The van der Waals surface area contributed by atoms with Gasteiger partial charge in [-0.15, -0.1) is 0 Å². The highest BCUT2D eigenvalue weighted by molar-refractivity contribution is 5.97. The van der Waals surface area contributed by atoms with Crippen LogP contribution in [0.2, 0.25) is 0 Å². The third-order valence-corrected chi connectivity index (χ3v) is 3.56. The van der Waals surface area contributed by atoms with Crippen LogP contribution in [0, 0.1) is 10.1 Å². The van der Waals surface area contributed by atoms with Crippen molar-refractivity contribution in [2.45, 2.75) is 0 Å². The molecule has 0 fully saturated rings. The minimum atomic E-state index is -0.434. The van der Waals surface area contributed by atoms with Crippen molar-refractivity contribution in [1.29, 1.82) is 0 Å². The fourth-order valence-corrected chi connectivity index (χ4v) is 2.67. The van der Waals surface area contributed by atoms with E-state index in [1.165, 1.54) is 0 Å². The molecule has 4 heteroatoms. The molecule has 1 aromatic heterocycles. The summed E-state index contributed by atoms with van der Waals surface area (Å²) in [6.07, 6.45) is 2.57. The van der Waals surface area contributed by atoms with Crippen molar-refractivity contribution in [2.24, 2.45) is 7.05 Å². The number of hydrogen-bond acceptors (Lipinski definition) is 2. The molecule has 0 unspecified atom stereocenters. The lowest BCUT2D eigenvalue weighted by Gasteiger charge is -2.05. The second-order valence-corrected chi connectivity index (χ2v) is 4.81. The van der Waals surface area contributed by atoms with E-state index >= 15 is 0 Å². The van der Waals surface area contributed by atoms with Crippen LogP contribution in [0.5, 0.6) is 0 Å². The Balaban J connectivity index is 2.34. The number of hydrogen-bond donors (Lipinski definition) is 0. The van der Waals surface area contributed by atoms with Gasteiger partial charge in [0, 0.05) is 29.6 Å². The molecule has 3 rings (SSSR count). The third-order valence-electron chi connectivity index (χ3n) is 3.56. The van der Waals surface area contributed by atoms with Crippen LogP contribution in [0.25, 0.3) is 28.2 Å². The summed E-state index contributed by atoms with van der Waals surface area (Å²) in [4.78, 5) is 10.2. The summed E-state index contributed by atoms with van der Waals surface area (Å²) in [5.74, 6) is 0. The molecule has 0 radical (unpaired) electrons. The van der Waals surface area contributed by atoms with E-state index in [0.29, 0.717) is 0 Å². The van der Waals surface area contributed by atoms with Crippen molar-refractivity contribution >= 4 is 17.0 Å². The molecule has 1 heterocycles. The first-order chi connectivity index (χ1) is 10.2. The van der Waals surface area contributed by atoms with E-state index in [1.54, 1.807) is 6.08 Å². The average molecular weight is 278 g/mol. The zero-order valence-corrected chi connectivity index (χ0v) is 11.6. The summed E-state index contributed by atoms with van der Waals surface area (Å²) >= 11 is 0. The van der Waals surface area contributed by atoms with Crippen LogP contribution in [0.1, 0.15) is 5.56 Å². The smallest absolute Gasteiger partial charge is 0.235 e. The summed E-state index contributed by atoms with van der Waals surface area (Å²) < 4.78 is 2.07. The molecule has 21 heavy (non-hydrogen) atoms. The van der Waals surface area contributed by atoms with Crippen molar-refractivity contribution in [2.75, 3.05) is 0 Å². The molecule has 0 saturated carbocycles.